The van der Waals surface area contributed by atoms with E-state index in [1.54, 1.807) is 13.2 Å². The highest BCUT2D eigenvalue weighted by molar-refractivity contribution is 9.09. The van der Waals surface area contributed by atoms with Crippen LogP contribution >= 0.6 is 15.9 Å². The van der Waals surface area contributed by atoms with Crippen LogP contribution in [0.3, 0.4) is 0 Å². The zero-order valence-corrected chi connectivity index (χ0v) is 12.6. The van der Waals surface area contributed by atoms with Gasteiger partial charge in [-0.05, 0) is 25.2 Å². The van der Waals surface area contributed by atoms with Crippen LogP contribution in [0.1, 0.15) is 41.9 Å². The normalized spacial score (nSPS) is 23.3. The standard InChI is InChI=1S/C13H19BrN2O3/c1-18-8-11-6-12(16-19-11)13(17)15-7-9-3-2-4-10(14)5-9/h6,9-10H,2-5,7-8H2,1H3,(H,15,17). The Bertz CT molecular complexity index is 422. The second-order valence-electron chi connectivity index (χ2n) is 4.95. The Kier molecular flexibility index (Phi) is 5.39. The van der Waals surface area contributed by atoms with Crippen LogP contribution in [-0.2, 0) is 11.3 Å². The molecular weight excluding hydrogens is 312 g/mol. The first-order chi connectivity index (χ1) is 9.19. The van der Waals surface area contributed by atoms with Crippen molar-refractivity contribution in [3.8, 4) is 0 Å². The van der Waals surface area contributed by atoms with Crippen molar-refractivity contribution in [2.24, 2.45) is 5.92 Å². The summed E-state index contributed by atoms with van der Waals surface area (Å²) in [7, 11) is 1.57. The van der Waals surface area contributed by atoms with E-state index in [1.807, 2.05) is 0 Å². The number of methoxy groups -OCH3 is 1. The first-order valence-electron chi connectivity index (χ1n) is 6.56. The van der Waals surface area contributed by atoms with Gasteiger partial charge in [-0.2, -0.15) is 0 Å². The predicted octanol–water partition coefficient (Wildman–Crippen LogP) is 2.50. The van der Waals surface area contributed by atoms with Crippen molar-refractivity contribution >= 4 is 21.8 Å². The molecule has 1 aromatic rings. The Morgan fingerprint density at radius 2 is 2.47 bits per heavy atom. The summed E-state index contributed by atoms with van der Waals surface area (Å²) in [5, 5.41) is 6.66. The summed E-state index contributed by atoms with van der Waals surface area (Å²) in [5.74, 6) is 0.932. The van der Waals surface area contributed by atoms with Gasteiger partial charge in [0, 0.05) is 24.5 Å². The molecule has 0 bridgehead atoms. The van der Waals surface area contributed by atoms with E-state index in [2.05, 4.69) is 26.4 Å². The second-order valence-corrected chi connectivity index (χ2v) is 6.25. The molecule has 1 heterocycles. The highest BCUT2D eigenvalue weighted by atomic mass is 79.9. The number of nitrogens with zero attached hydrogens (tertiary/aromatic N) is 1. The third-order valence-corrected chi connectivity index (χ3v) is 4.18. The summed E-state index contributed by atoms with van der Waals surface area (Å²) in [6, 6.07) is 1.62. The van der Waals surface area contributed by atoms with E-state index in [1.165, 1.54) is 19.3 Å². The van der Waals surface area contributed by atoms with Gasteiger partial charge in [-0.1, -0.05) is 27.5 Å². The SMILES string of the molecule is COCc1cc(C(=O)NCC2CCCC(Br)C2)no1. The van der Waals surface area contributed by atoms with Gasteiger partial charge in [-0.3, -0.25) is 4.79 Å². The number of amides is 1. The lowest BCUT2D eigenvalue weighted by Crippen LogP contribution is -2.32. The molecule has 19 heavy (non-hydrogen) atoms. The van der Waals surface area contributed by atoms with Gasteiger partial charge in [0.2, 0.25) is 0 Å². The average molecular weight is 331 g/mol. The van der Waals surface area contributed by atoms with Crippen LogP contribution < -0.4 is 5.32 Å². The number of hydrogen-bond donors (Lipinski definition) is 1. The minimum absolute atomic E-state index is 0.178. The van der Waals surface area contributed by atoms with E-state index in [4.69, 9.17) is 9.26 Å². The summed E-state index contributed by atoms with van der Waals surface area (Å²) < 4.78 is 9.91. The third kappa shape index (κ3) is 4.31. The molecule has 5 nitrogen and oxygen atoms in total. The number of carbonyl (C=O) groups excluding carboxylic acids is 1. The molecule has 1 aliphatic rings. The molecule has 0 radical (unpaired) electrons. The van der Waals surface area contributed by atoms with Gasteiger partial charge in [-0.15, -0.1) is 0 Å². The molecule has 1 amide bonds. The Balaban J connectivity index is 1.79. The fourth-order valence-electron chi connectivity index (χ4n) is 2.37. The van der Waals surface area contributed by atoms with Crippen LogP contribution in [0.2, 0.25) is 0 Å². The van der Waals surface area contributed by atoms with Gasteiger partial charge in [0.25, 0.3) is 5.91 Å². The molecule has 1 N–H and O–H groups in total. The van der Waals surface area contributed by atoms with Crippen LogP contribution in [0, 0.1) is 5.92 Å². The number of halogens is 1. The van der Waals surface area contributed by atoms with Crippen LogP contribution in [-0.4, -0.2) is 29.5 Å². The first-order valence-corrected chi connectivity index (χ1v) is 7.47. The van der Waals surface area contributed by atoms with Gasteiger partial charge >= 0.3 is 0 Å². The van der Waals surface area contributed by atoms with Crippen LogP contribution in [0.25, 0.3) is 0 Å². The van der Waals surface area contributed by atoms with E-state index >= 15 is 0 Å². The molecule has 106 valence electrons. The molecule has 2 unspecified atom stereocenters. The topological polar surface area (TPSA) is 64.4 Å². The van der Waals surface area contributed by atoms with Crippen molar-refractivity contribution in [1.29, 1.82) is 0 Å². The lowest BCUT2D eigenvalue weighted by atomic mass is 9.89. The Morgan fingerprint density at radius 1 is 1.63 bits per heavy atom. The summed E-state index contributed by atoms with van der Waals surface area (Å²) >= 11 is 3.65. The molecule has 6 heteroatoms. The Hall–Kier alpha value is -0.880. The van der Waals surface area contributed by atoms with Crippen LogP contribution in [0.5, 0.6) is 0 Å². The zero-order chi connectivity index (χ0) is 13.7. The lowest BCUT2D eigenvalue weighted by Gasteiger charge is -2.25. The number of rotatable bonds is 5. The molecule has 1 fully saturated rings. The van der Waals surface area contributed by atoms with Crippen molar-refractivity contribution in [3.05, 3.63) is 17.5 Å². The van der Waals surface area contributed by atoms with Crippen molar-refractivity contribution < 1.29 is 14.1 Å². The summed E-state index contributed by atoms with van der Waals surface area (Å²) in [5.41, 5.74) is 0.318. The van der Waals surface area contributed by atoms with Gasteiger partial charge in [-0.25, -0.2) is 0 Å². The summed E-state index contributed by atoms with van der Waals surface area (Å²) in [4.78, 5) is 12.5. The molecule has 0 aromatic carbocycles. The number of nitrogens with one attached hydrogen (secondary N) is 1. The summed E-state index contributed by atoms with van der Waals surface area (Å²) in [6.07, 6.45) is 4.75. The molecule has 1 aromatic heterocycles. The molecular formula is C13H19BrN2O3. The van der Waals surface area contributed by atoms with Gasteiger partial charge in [0.05, 0.1) is 0 Å². The highest BCUT2D eigenvalue weighted by Crippen LogP contribution is 2.28. The minimum atomic E-state index is -0.178. The quantitative estimate of drug-likeness (QED) is 0.842. The molecule has 1 aliphatic carbocycles. The molecule has 0 spiro atoms. The Morgan fingerprint density at radius 3 is 3.21 bits per heavy atom. The zero-order valence-electron chi connectivity index (χ0n) is 11.0. The maximum atomic E-state index is 11.9. The summed E-state index contributed by atoms with van der Waals surface area (Å²) in [6.45, 7) is 1.03. The Labute approximate surface area is 121 Å². The van der Waals surface area contributed by atoms with Gasteiger partial charge in [0.15, 0.2) is 11.5 Å². The fraction of sp³-hybridized carbons (Fsp3) is 0.692. The number of alkyl halides is 1. The first kappa shape index (κ1) is 14.5. The predicted molar refractivity (Wildman–Crippen MR) is 74.2 cm³/mol. The number of hydrogen-bond acceptors (Lipinski definition) is 4. The lowest BCUT2D eigenvalue weighted by molar-refractivity contribution is 0.0934. The van der Waals surface area contributed by atoms with Crippen LogP contribution in [0.15, 0.2) is 10.6 Å². The molecule has 2 rings (SSSR count). The maximum Gasteiger partial charge on any atom is 0.273 e. The van der Waals surface area contributed by atoms with E-state index in [-0.39, 0.29) is 5.91 Å². The fourth-order valence-corrected chi connectivity index (χ4v) is 3.22. The molecule has 1 saturated carbocycles. The largest absolute Gasteiger partial charge is 0.377 e. The second kappa shape index (κ2) is 7.05. The number of ether oxygens (including phenoxy) is 1. The minimum Gasteiger partial charge on any atom is -0.377 e. The molecule has 2 atom stereocenters. The molecule has 0 saturated heterocycles. The molecule has 0 aliphatic heterocycles. The van der Waals surface area contributed by atoms with E-state index in [9.17, 15) is 4.79 Å². The smallest absolute Gasteiger partial charge is 0.273 e. The number of aromatic nitrogens is 1. The van der Waals surface area contributed by atoms with Gasteiger partial charge < -0.3 is 14.6 Å². The van der Waals surface area contributed by atoms with Crippen molar-refractivity contribution in [2.75, 3.05) is 13.7 Å². The van der Waals surface area contributed by atoms with Crippen molar-refractivity contribution in [3.63, 3.8) is 0 Å². The third-order valence-electron chi connectivity index (χ3n) is 3.35. The average Bonchev–Trinajstić information content (AvgIpc) is 2.85. The van der Waals surface area contributed by atoms with E-state index in [0.717, 1.165) is 6.42 Å². The van der Waals surface area contributed by atoms with Crippen molar-refractivity contribution in [2.45, 2.75) is 37.1 Å². The van der Waals surface area contributed by atoms with Gasteiger partial charge in [0.1, 0.15) is 6.61 Å². The monoisotopic (exact) mass is 330 g/mol. The maximum absolute atomic E-state index is 11.9. The van der Waals surface area contributed by atoms with E-state index < -0.39 is 0 Å². The van der Waals surface area contributed by atoms with Crippen LogP contribution in [0.4, 0.5) is 0 Å². The number of carbonyl (C=O) groups is 1. The highest BCUT2D eigenvalue weighted by Gasteiger charge is 2.21. The van der Waals surface area contributed by atoms with Crippen molar-refractivity contribution in [1.82, 2.24) is 10.5 Å². The van der Waals surface area contributed by atoms with E-state index in [0.29, 0.717) is 35.4 Å².